The van der Waals surface area contributed by atoms with Crippen LogP contribution >= 0.6 is 0 Å². The molecule has 0 amide bonds. The van der Waals surface area contributed by atoms with E-state index in [4.69, 9.17) is 57.9 Å². The lowest BCUT2D eigenvalue weighted by molar-refractivity contribution is 0.258. The molecule has 0 aliphatic carbocycles. The average molecular weight is 1640 g/mol. The van der Waals surface area contributed by atoms with Crippen molar-refractivity contribution in [2.75, 3.05) is 52.9 Å². The van der Waals surface area contributed by atoms with Gasteiger partial charge in [0, 0.05) is 22.3 Å². The van der Waals surface area contributed by atoms with Crippen molar-refractivity contribution in [3.63, 3.8) is 0 Å². The monoisotopic (exact) mass is 1640 g/mol. The molecule has 0 radical (unpaired) electrons. The average Bonchev–Trinajstić information content (AvgIpc) is 1.61. The van der Waals surface area contributed by atoms with Crippen molar-refractivity contribution in [1.82, 2.24) is 0 Å². The largest absolute Gasteiger partial charge is 0.490 e. The molecule has 120 heavy (non-hydrogen) atoms. The van der Waals surface area contributed by atoms with Crippen LogP contribution in [0.5, 0.6) is 46.0 Å². The standard InChI is InChI=1S/C108H156N4O8/c1-9-17-25-33-41-49-73-113-97-69-57-85(81-101(97)117-77-53-45-37-29-21-13-5)105-89-61-63-91(109-89)106(86-58-70-98(114-74-50-42-34-26-18-10-2)102(82-86)118-78-54-46-38-30-22-14-6)93-65-67-95(111-93)108(88-60-72-100(116-76-52-44-36-28-20-12-4)104(84-88)120-80-56-48-40-32-24-16-8)96-68-66-94(112-96)107(92-64-62-90(105)110-92)87-59-71-99(115-75-51-43-35-27-19-11-3)103(83-87)119-79-55-47-39-31-23-15-7/h57-72,81-84H,9-56,73-80H2,1-8H3. The van der Waals surface area contributed by atoms with E-state index in [0.29, 0.717) is 52.9 Å². The van der Waals surface area contributed by atoms with Gasteiger partial charge in [-0.15, -0.1) is 0 Å². The van der Waals surface area contributed by atoms with Crippen LogP contribution in [0, 0.1) is 0 Å². The van der Waals surface area contributed by atoms with Gasteiger partial charge in [-0.2, -0.15) is 0 Å². The summed E-state index contributed by atoms with van der Waals surface area (Å²) in [4.78, 5) is 23.5. The van der Waals surface area contributed by atoms with Crippen LogP contribution in [0.1, 0.15) is 386 Å². The second-order valence-corrected chi connectivity index (χ2v) is 33.9. The SMILES string of the molecule is CCCCCCCCOc1ccc(C2=C3C=CC(=N3)C(c3ccc(OCCCCCCCC)c(OCCCCCCCC)c3)=C3C=CC(=N3)C(c3ccc(OCCCCCCCC)c(OCCCCCCCC)c3)=C3C=CC(=N3)C(c3ccc(OCCCCCCCC)c(OCCCCCCCC)c3)=C3C=CC2=N3)cc1OCCCCCCCC. The van der Waals surface area contributed by atoms with Gasteiger partial charge in [0.25, 0.3) is 0 Å². The van der Waals surface area contributed by atoms with Gasteiger partial charge in [-0.25, -0.2) is 20.0 Å². The minimum atomic E-state index is 0.587. The van der Waals surface area contributed by atoms with Crippen molar-refractivity contribution in [2.24, 2.45) is 20.0 Å². The summed E-state index contributed by atoms with van der Waals surface area (Å²) in [6.07, 6.45) is 73.6. The number of aliphatic imine (C=N–C) groups is 4. The molecule has 5 aliphatic rings. The molecular formula is C108H156N4O8. The number of unbranched alkanes of at least 4 members (excludes halogenated alkanes) is 40. The van der Waals surface area contributed by atoms with Crippen LogP contribution in [0.15, 0.2) is 164 Å². The van der Waals surface area contributed by atoms with Crippen molar-refractivity contribution in [3.8, 4) is 46.0 Å². The maximum Gasteiger partial charge on any atom is 0.161 e. The van der Waals surface area contributed by atoms with Crippen LogP contribution in [0.2, 0.25) is 0 Å². The fourth-order valence-electron chi connectivity index (χ4n) is 16.4. The van der Waals surface area contributed by atoms with Crippen LogP contribution in [-0.4, -0.2) is 75.7 Å². The fourth-order valence-corrected chi connectivity index (χ4v) is 16.4. The van der Waals surface area contributed by atoms with Gasteiger partial charge in [-0.05, 0) is 171 Å². The molecule has 9 rings (SSSR count). The Morgan fingerprint density at radius 2 is 0.317 bits per heavy atom. The van der Waals surface area contributed by atoms with Crippen LogP contribution in [0.3, 0.4) is 0 Å². The minimum Gasteiger partial charge on any atom is -0.490 e. The molecule has 4 aromatic carbocycles. The molecule has 5 aliphatic heterocycles. The predicted octanol–water partition coefficient (Wildman–Crippen LogP) is 31.6. The van der Waals surface area contributed by atoms with Gasteiger partial charge in [-0.3, -0.25) is 0 Å². The summed E-state index contributed by atoms with van der Waals surface area (Å²) < 4.78 is 54.9. The van der Waals surface area contributed by atoms with Gasteiger partial charge in [0.15, 0.2) is 46.0 Å². The summed E-state index contributed by atoms with van der Waals surface area (Å²) >= 11 is 0. The summed E-state index contributed by atoms with van der Waals surface area (Å²) in [6.45, 7) is 23.0. The second-order valence-electron chi connectivity index (χ2n) is 33.9. The molecule has 656 valence electrons. The maximum absolute atomic E-state index is 6.95. The third kappa shape index (κ3) is 32.6. The Kier molecular flexibility index (Phi) is 46.3. The number of hydrogen-bond donors (Lipinski definition) is 0. The molecule has 12 heteroatoms. The Morgan fingerprint density at radius 1 is 0.167 bits per heavy atom. The van der Waals surface area contributed by atoms with Gasteiger partial charge in [0.1, 0.15) is 0 Å². The lowest BCUT2D eigenvalue weighted by atomic mass is 9.98. The van der Waals surface area contributed by atoms with E-state index < -0.39 is 0 Å². The predicted molar refractivity (Wildman–Crippen MR) is 511 cm³/mol. The number of fused-ring (bicyclic) bond motifs is 4. The van der Waals surface area contributed by atoms with Crippen molar-refractivity contribution in [3.05, 3.63) is 166 Å². The summed E-state index contributed by atoms with van der Waals surface area (Å²) in [5.74, 6) is 5.93. The lowest BCUT2D eigenvalue weighted by Crippen LogP contribution is -2.07. The third-order valence-electron chi connectivity index (χ3n) is 23.6. The molecule has 0 spiro atoms. The number of hydrogen-bond acceptors (Lipinski definition) is 12. The van der Waals surface area contributed by atoms with E-state index in [0.717, 1.165) is 239 Å². The highest BCUT2D eigenvalue weighted by atomic mass is 16.5. The smallest absolute Gasteiger partial charge is 0.161 e. The van der Waals surface area contributed by atoms with Gasteiger partial charge in [0.2, 0.25) is 0 Å². The number of ether oxygens (including phenoxy) is 8. The van der Waals surface area contributed by atoms with Crippen LogP contribution in [0.4, 0.5) is 0 Å². The number of benzene rings is 4. The van der Waals surface area contributed by atoms with Crippen molar-refractivity contribution in [1.29, 1.82) is 0 Å². The van der Waals surface area contributed by atoms with Gasteiger partial charge < -0.3 is 37.9 Å². The lowest BCUT2D eigenvalue weighted by Gasteiger charge is -2.18. The summed E-state index contributed by atoms with van der Waals surface area (Å²) in [5.41, 5.74) is 13.2. The van der Waals surface area contributed by atoms with Gasteiger partial charge >= 0.3 is 0 Å². The first-order valence-electron chi connectivity index (χ1n) is 49.0. The van der Waals surface area contributed by atoms with Crippen molar-refractivity contribution in [2.45, 2.75) is 364 Å². The van der Waals surface area contributed by atoms with E-state index >= 15 is 0 Å². The maximum atomic E-state index is 6.95. The van der Waals surface area contributed by atoms with Gasteiger partial charge in [0.05, 0.1) is 98.5 Å². The van der Waals surface area contributed by atoms with Gasteiger partial charge in [-0.1, -0.05) is 336 Å². The Labute approximate surface area is 727 Å². The quantitative estimate of drug-likeness (QED) is 0.0401. The zero-order valence-electron chi connectivity index (χ0n) is 76.2. The molecule has 8 bridgehead atoms. The minimum absolute atomic E-state index is 0.587. The van der Waals surface area contributed by atoms with Crippen LogP contribution in [0.25, 0.3) is 22.3 Å². The molecule has 0 N–H and O–H groups in total. The normalized spacial score (nSPS) is 14.1. The van der Waals surface area contributed by atoms with Crippen LogP contribution < -0.4 is 37.9 Å². The Morgan fingerprint density at radius 3 is 0.483 bits per heavy atom. The zero-order valence-corrected chi connectivity index (χ0v) is 76.2. The fraction of sp³-hybridized carbons (Fsp3) is 0.593. The number of rotatable bonds is 68. The molecule has 0 saturated carbocycles. The molecule has 0 aromatic heterocycles. The molecule has 0 saturated heterocycles. The van der Waals surface area contributed by atoms with E-state index in [1.54, 1.807) is 0 Å². The van der Waals surface area contributed by atoms with Crippen LogP contribution in [-0.2, 0) is 0 Å². The number of allylic oxidation sites excluding steroid dienone is 12. The third-order valence-corrected chi connectivity index (χ3v) is 23.6. The van der Waals surface area contributed by atoms with Crippen molar-refractivity contribution >= 4 is 45.1 Å². The Bertz CT molecular complexity index is 3560. The van der Waals surface area contributed by atoms with E-state index in [2.05, 4.69) is 177 Å². The van der Waals surface area contributed by atoms with Crippen molar-refractivity contribution < 1.29 is 37.9 Å². The highest BCUT2D eigenvalue weighted by Crippen LogP contribution is 2.45. The van der Waals surface area contributed by atoms with E-state index in [-0.39, 0.29) is 0 Å². The van der Waals surface area contributed by atoms with E-state index in [9.17, 15) is 0 Å². The second kappa shape index (κ2) is 58.0. The molecule has 0 unspecified atom stereocenters. The first kappa shape index (κ1) is 95.7. The molecule has 5 heterocycles. The first-order valence-corrected chi connectivity index (χ1v) is 49.0. The summed E-state index contributed by atoms with van der Waals surface area (Å²) in [5, 5.41) is 0. The first-order chi connectivity index (χ1) is 59.3. The molecule has 0 atom stereocenters. The van der Waals surface area contributed by atoms with E-state index in [1.165, 1.54) is 205 Å². The molecule has 4 aromatic rings. The molecular weight excluding hydrogens is 1480 g/mol. The zero-order chi connectivity index (χ0) is 84.1. The highest BCUT2D eigenvalue weighted by molar-refractivity contribution is 6.39. The molecule has 0 fully saturated rings. The summed E-state index contributed by atoms with van der Waals surface area (Å²) in [6, 6.07) is 25.9. The number of nitrogens with zero attached hydrogens (tertiary/aromatic N) is 4. The Balaban J connectivity index is 1.27. The Hall–Kier alpha value is -8.12. The topological polar surface area (TPSA) is 123 Å². The molecule has 12 nitrogen and oxygen atoms in total. The summed E-state index contributed by atoms with van der Waals surface area (Å²) in [7, 11) is 0. The van der Waals surface area contributed by atoms with E-state index in [1.807, 2.05) is 0 Å². The highest BCUT2D eigenvalue weighted by Gasteiger charge is 2.30.